The summed E-state index contributed by atoms with van der Waals surface area (Å²) in [5, 5.41) is 8.96. The van der Waals surface area contributed by atoms with E-state index < -0.39 is 5.97 Å². The van der Waals surface area contributed by atoms with Crippen LogP contribution in [0.25, 0.3) is 0 Å². The first-order chi connectivity index (χ1) is 10.6. The van der Waals surface area contributed by atoms with Crippen LogP contribution in [0.4, 0.5) is 0 Å². The number of Topliss-reactive ketones (excluding diaryl/α,β-unsaturated/α-hetero) is 1. The third kappa shape index (κ3) is 3.54. The lowest BCUT2D eigenvalue weighted by atomic mass is 9.49. The van der Waals surface area contributed by atoms with Crippen molar-refractivity contribution < 1.29 is 14.7 Å². The maximum absolute atomic E-state index is 12.6. The molecule has 0 unspecified atom stereocenters. The number of carbonyl (C=O) groups is 2. The van der Waals surface area contributed by atoms with Gasteiger partial charge in [-0.25, -0.2) is 0 Å². The van der Waals surface area contributed by atoms with Crippen LogP contribution in [0.15, 0.2) is 11.1 Å². The van der Waals surface area contributed by atoms with Gasteiger partial charge < -0.3 is 5.11 Å². The molecule has 0 aliphatic heterocycles. The molecule has 2 rings (SSSR count). The minimum absolute atomic E-state index is 0.114. The number of hydrogen-bond acceptors (Lipinski definition) is 2. The number of hydrogen-bond donors (Lipinski definition) is 1. The highest BCUT2D eigenvalue weighted by Crippen LogP contribution is 2.59. The zero-order valence-corrected chi connectivity index (χ0v) is 15.4. The summed E-state index contributed by atoms with van der Waals surface area (Å²) in [5.41, 5.74) is 2.61. The van der Waals surface area contributed by atoms with Gasteiger partial charge in [0.1, 0.15) is 0 Å². The normalized spacial score (nSPS) is 31.7. The van der Waals surface area contributed by atoms with Gasteiger partial charge in [-0.3, -0.25) is 9.59 Å². The molecule has 2 aliphatic rings. The first-order valence-electron chi connectivity index (χ1n) is 9.03. The number of carbonyl (C=O) groups excluding carboxylic acids is 1. The Labute approximate surface area is 140 Å². The van der Waals surface area contributed by atoms with Crippen LogP contribution in [0, 0.1) is 22.7 Å². The van der Waals surface area contributed by atoms with E-state index in [2.05, 4.69) is 20.8 Å². The van der Waals surface area contributed by atoms with Crippen molar-refractivity contribution in [3.8, 4) is 0 Å². The molecule has 3 heteroatoms. The molecule has 0 spiro atoms. The summed E-state index contributed by atoms with van der Waals surface area (Å²) in [6.45, 7) is 11.0. The topological polar surface area (TPSA) is 54.4 Å². The summed E-state index contributed by atoms with van der Waals surface area (Å²) in [4.78, 5) is 23.4. The number of aliphatic carboxylic acids is 1. The van der Waals surface area contributed by atoms with Crippen molar-refractivity contribution in [1.29, 1.82) is 0 Å². The van der Waals surface area contributed by atoms with E-state index in [1.807, 2.05) is 13.8 Å². The van der Waals surface area contributed by atoms with Gasteiger partial charge in [0.15, 0.2) is 5.78 Å². The van der Waals surface area contributed by atoms with Crippen molar-refractivity contribution >= 4 is 11.8 Å². The van der Waals surface area contributed by atoms with E-state index in [9.17, 15) is 9.59 Å². The Morgan fingerprint density at radius 1 is 1.30 bits per heavy atom. The van der Waals surface area contributed by atoms with Crippen LogP contribution >= 0.6 is 0 Å². The van der Waals surface area contributed by atoms with E-state index in [4.69, 9.17) is 5.11 Å². The summed E-state index contributed by atoms with van der Waals surface area (Å²) in [6, 6.07) is 0. The molecule has 0 amide bonds. The molecule has 0 aromatic heterocycles. The third-order valence-corrected chi connectivity index (χ3v) is 6.59. The molecule has 23 heavy (non-hydrogen) atoms. The van der Waals surface area contributed by atoms with Crippen molar-refractivity contribution in [3.05, 3.63) is 11.1 Å². The van der Waals surface area contributed by atoms with Crippen molar-refractivity contribution in [1.82, 2.24) is 0 Å². The molecule has 0 radical (unpaired) electrons. The van der Waals surface area contributed by atoms with E-state index in [-0.39, 0.29) is 23.2 Å². The van der Waals surface area contributed by atoms with Crippen molar-refractivity contribution in [2.75, 3.05) is 0 Å². The molecule has 3 nitrogen and oxygen atoms in total. The van der Waals surface area contributed by atoms with E-state index >= 15 is 0 Å². The Hall–Kier alpha value is -1.12. The van der Waals surface area contributed by atoms with Crippen molar-refractivity contribution in [2.45, 2.75) is 79.6 Å². The van der Waals surface area contributed by atoms with Crippen LogP contribution in [-0.2, 0) is 9.59 Å². The van der Waals surface area contributed by atoms with Gasteiger partial charge in [0.25, 0.3) is 0 Å². The molecule has 0 aromatic carbocycles. The fourth-order valence-electron chi connectivity index (χ4n) is 5.18. The molecular weight excluding hydrogens is 288 g/mol. The highest BCUT2D eigenvalue weighted by molar-refractivity contribution is 5.97. The van der Waals surface area contributed by atoms with Crippen LogP contribution < -0.4 is 0 Å². The average molecular weight is 320 g/mol. The van der Waals surface area contributed by atoms with E-state index in [0.29, 0.717) is 18.1 Å². The Morgan fingerprint density at radius 2 is 1.96 bits per heavy atom. The Balaban J connectivity index is 2.26. The van der Waals surface area contributed by atoms with E-state index in [0.717, 1.165) is 24.8 Å². The van der Waals surface area contributed by atoms with Gasteiger partial charge in [0, 0.05) is 12.8 Å². The number of ketones is 1. The number of allylic oxidation sites excluding steroid dienone is 2. The fraction of sp³-hybridized carbons (Fsp3) is 0.800. The summed E-state index contributed by atoms with van der Waals surface area (Å²) in [5.74, 6) is 0.155. The molecule has 0 heterocycles. The minimum Gasteiger partial charge on any atom is -0.481 e. The first-order valence-corrected chi connectivity index (χ1v) is 9.03. The predicted octanol–water partition coefficient (Wildman–Crippen LogP) is 5.00. The quantitative estimate of drug-likeness (QED) is 0.775. The van der Waals surface area contributed by atoms with Crippen LogP contribution in [0.5, 0.6) is 0 Å². The molecule has 1 fully saturated rings. The monoisotopic (exact) mass is 320 g/mol. The van der Waals surface area contributed by atoms with Gasteiger partial charge in [-0.2, -0.15) is 0 Å². The summed E-state index contributed by atoms with van der Waals surface area (Å²) in [6.07, 6.45) is 6.20. The van der Waals surface area contributed by atoms with E-state index in [1.165, 1.54) is 18.4 Å². The molecule has 0 bridgehead atoms. The lowest BCUT2D eigenvalue weighted by Gasteiger charge is -2.54. The molecule has 1 saturated carbocycles. The second-order valence-electron chi connectivity index (χ2n) is 8.78. The van der Waals surface area contributed by atoms with Crippen molar-refractivity contribution in [2.24, 2.45) is 22.7 Å². The van der Waals surface area contributed by atoms with Gasteiger partial charge in [-0.05, 0) is 60.8 Å². The van der Waals surface area contributed by atoms with Gasteiger partial charge in [0.05, 0.1) is 0 Å². The SMILES string of the molecule is CC1=C(CC[C@H](C)CC(=O)O)[C@@]2(C)CCCC(C)(C)[C@H]2CC1=O. The third-order valence-electron chi connectivity index (χ3n) is 6.59. The van der Waals surface area contributed by atoms with Gasteiger partial charge in [-0.1, -0.05) is 39.7 Å². The molecule has 1 N–H and O–H groups in total. The molecular formula is C20H32O3. The number of carboxylic acid groups (broad SMARTS) is 1. The maximum Gasteiger partial charge on any atom is 0.303 e. The lowest BCUT2D eigenvalue weighted by molar-refractivity contribution is -0.138. The predicted molar refractivity (Wildman–Crippen MR) is 92.2 cm³/mol. The summed E-state index contributed by atoms with van der Waals surface area (Å²) < 4.78 is 0. The number of carboxylic acids is 1. The molecule has 0 saturated heterocycles. The minimum atomic E-state index is -0.731. The van der Waals surface area contributed by atoms with Crippen LogP contribution in [0.2, 0.25) is 0 Å². The summed E-state index contributed by atoms with van der Waals surface area (Å²) in [7, 11) is 0. The molecule has 0 aromatic rings. The second-order valence-corrected chi connectivity index (χ2v) is 8.78. The molecule has 3 atom stereocenters. The fourth-order valence-corrected chi connectivity index (χ4v) is 5.18. The lowest BCUT2D eigenvalue weighted by Crippen LogP contribution is -2.47. The highest BCUT2D eigenvalue weighted by Gasteiger charge is 2.51. The van der Waals surface area contributed by atoms with E-state index in [1.54, 1.807) is 0 Å². The van der Waals surface area contributed by atoms with Gasteiger partial charge in [-0.15, -0.1) is 0 Å². The summed E-state index contributed by atoms with van der Waals surface area (Å²) >= 11 is 0. The Bertz CT molecular complexity index is 529. The first kappa shape index (κ1) is 18.2. The standard InChI is InChI=1S/C20H32O3/c1-13(11-18(22)23)7-8-15-14(2)16(21)12-17-19(3,4)9-6-10-20(15,17)5/h13,17H,6-12H2,1-5H3,(H,22,23)/t13-,17+,20+/m0/s1. The Morgan fingerprint density at radius 3 is 2.57 bits per heavy atom. The average Bonchev–Trinajstić information content (AvgIpc) is 2.40. The van der Waals surface area contributed by atoms with Crippen molar-refractivity contribution in [3.63, 3.8) is 0 Å². The highest BCUT2D eigenvalue weighted by atomic mass is 16.4. The maximum atomic E-state index is 12.6. The van der Waals surface area contributed by atoms with Crippen LogP contribution in [-0.4, -0.2) is 16.9 Å². The molecule has 2 aliphatic carbocycles. The van der Waals surface area contributed by atoms with Gasteiger partial charge in [0.2, 0.25) is 0 Å². The zero-order chi connectivity index (χ0) is 17.4. The smallest absolute Gasteiger partial charge is 0.303 e. The number of fused-ring (bicyclic) bond motifs is 1. The Kier molecular flexibility index (Phi) is 5.08. The largest absolute Gasteiger partial charge is 0.481 e. The van der Waals surface area contributed by atoms with Gasteiger partial charge >= 0.3 is 5.97 Å². The van der Waals surface area contributed by atoms with Crippen LogP contribution in [0.3, 0.4) is 0 Å². The number of rotatable bonds is 5. The van der Waals surface area contributed by atoms with Crippen LogP contribution in [0.1, 0.15) is 79.6 Å². The second kappa shape index (κ2) is 6.41. The molecule has 130 valence electrons. The zero-order valence-electron chi connectivity index (χ0n) is 15.4.